The van der Waals surface area contributed by atoms with Gasteiger partial charge in [-0.1, -0.05) is 67.8 Å². The maximum Gasteiger partial charge on any atom is 0.410 e. The largest absolute Gasteiger partial charge is 0.448 e. The molecule has 1 heterocycles. The number of rotatable bonds is 3. The number of carbonyl (C=O) groups excluding carboxylic acids is 1. The first-order valence-corrected chi connectivity index (χ1v) is 11.0. The molecule has 2 fully saturated rings. The lowest BCUT2D eigenvalue weighted by Crippen LogP contribution is -2.41. The minimum absolute atomic E-state index is 0.0759. The zero-order chi connectivity index (χ0) is 19.8. The molecule has 1 saturated heterocycles. The van der Waals surface area contributed by atoms with E-state index in [0.29, 0.717) is 25.5 Å². The molecule has 1 N–H and O–H groups in total. The topological polar surface area (TPSA) is 49.8 Å². The van der Waals surface area contributed by atoms with Gasteiger partial charge in [-0.3, -0.25) is 0 Å². The van der Waals surface area contributed by atoms with Crippen molar-refractivity contribution in [2.45, 2.75) is 56.6 Å². The van der Waals surface area contributed by atoms with Crippen LogP contribution in [0.25, 0.3) is 11.1 Å². The number of ether oxygens (including phenoxy) is 1. The molecule has 4 nitrogen and oxygen atoms in total. The molecule has 1 aliphatic heterocycles. The van der Waals surface area contributed by atoms with E-state index in [1.165, 1.54) is 41.5 Å². The Balaban J connectivity index is 1.31. The predicted molar refractivity (Wildman–Crippen MR) is 113 cm³/mol. The molecule has 1 saturated carbocycles. The number of fused-ring (bicyclic) bond motifs is 3. The SMILES string of the molecule is O=C(OCC1c2ccccc2-c2ccccc21)N1CC(O)CC1C1CCCCC1. The van der Waals surface area contributed by atoms with Crippen LogP contribution in [0.5, 0.6) is 0 Å². The summed E-state index contributed by atoms with van der Waals surface area (Å²) in [5.41, 5.74) is 4.93. The third kappa shape index (κ3) is 3.44. The summed E-state index contributed by atoms with van der Waals surface area (Å²) in [6, 6.07) is 16.9. The highest BCUT2D eigenvalue weighted by Gasteiger charge is 2.40. The van der Waals surface area contributed by atoms with Crippen molar-refractivity contribution >= 4 is 6.09 Å². The summed E-state index contributed by atoms with van der Waals surface area (Å²) in [4.78, 5) is 14.8. The molecule has 2 aromatic rings. The average molecular weight is 392 g/mol. The highest BCUT2D eigenvalue weighted by molar-refractivity contribution is 5.79. The Labute approximate surface area is 172 Å². The van der Waals surface area contributed by atoms with Crippen LogP contribution in [-0.4, -0.2) is 41.4 Å². The molecule has 152 valence electrons. The Bertz CT molecular complexity index is 844. The Morgan fingerprint density at radius 3 is 2.24 bits per heavy atom. The maximum atomic E-state index is 13.0. The van der Waals surface area contributed by atoms with Gasteiger partial charge in [0, 0.05) is 12.0 Å². The quantitative estimate of drug-likeness (QED) is 0.805. The van der Waals surface area contributed by atoms with Gasteiger partial charge < -0.3 is 14.7 Å². The number of β-amino-alcohol motifs (C(OH)–C–C–N with tert-alkyl or cyclic N) is 1. The molecule has 2 aromatic carbocycles. The fraction of sp³-hybridized carbons (Fsp3) is 0.480. The standard InChI is InChI=1S/C25H29NO3/c27-18-14-24(17-8-2-1-3-9-17)26(15-18)25(28)29-16-23-21-12-6-4-10-19(21)20-11-5-7-13-22(20)23/h4-7,10-13,17-18,23-24,27H,1-3,8-9,14-16H2. The van der Waals surface area contributed by atoms with Crippen molar-refractivity contribution in [3.8, 4) is 11.1 Å². The third-order valence-corrected chi connectivity index (χ3v) is 7.09. The fourth-order valence-corrected chi connectivity index (χ4v) is 5.70. The lowest BCUT2D eigenvalue weighted by molar-refractivity contribution is 0.0777. The highest BCUT2D eigenvalue weighted by Crippen LogP contribution is 2.44. The number of hydrogen-bond donors (Lipinski definition) is 1. The molecule has 2 atom stereocenters. The van der Waals surface area contributed by atoms with E-state index in [9.17, 15) is 9.90 Å². The normalized spacial score (nSPS) is 24.4. The third-order valence-electron chi connectivity index (χ3n) is 7.09. The average Bonchev–Trinajstić information content (AvgIpc) is 3.31. The zero-order valence-electron chi connectivity index (χ0n) is 16.8. The van der Waals surface area contributed by atoms with Crippen molar-refractivity contribution in [1.82, 2.24) is 4.90 Å². The second kappa shape index (κ2) is 7.83. The Hall–Kier alpha value is -2.33. The van der Waals surface area contributed by atoms with Crippen LogP contribution >= 0.6 is 0 Å². The Morgan fingerprint density at radius 1 is 0.966 bits per heavy atom. The van der Waals surface area contributed by atoms with Crippen molar-refractivity contribution in [2.75, 3.05) is 13.2 Å². The number of amides is 1. The van der Waals surface area contributed by atoms with Crippen molar-refractivity contribution in [1.29, 1.82) is 0 Å². The van der Waals surface area contributed by atoms with E-state index >= 15 is 0 Å². The molecule has 5 rings (SSSR count). The van der Waals surface area contributed by atoms with Gasteiger partial charge in [-0.05, 0) is 47.4 Å². The summed E-state index contributed by atoms with van der Waals surface area (Å²) in [6.07, 6.45) is 6.06. The minimum Gasteiger partial charge on any atom is -0.448 e. The smallest absolute Gasteiger partial charge is 0.410 e. The molecule has 2 unspecified atom stereocenters. The van der Waals surface area contributed by atoms with E-state index in [1.54, 1.807) is 0 Å². The van der Waals surface area contributed by atoms with Crippen LogP contribution in [0.1, 0.15) is 55.6 Å². The van der Waals surface area contributed by atoms with Gasteiger partial charge in [0.15, 0.2) is 0 Å². The summed E-state index contributed by atoms with van der Waals surface area (Å²) in [7, 11) is 0. The molecular weight excluding hydrogens is 362 g/mol. The van der Waals surface area contributed by atoms with Crippen LogP contribution in [0.3, 0.4) is 0 Å². The van der Waals surface area contributed by atoms with E-state index in [0.717, 1.165) is 12.8 Å². The molecule has 0 bridgehead atoms. The van der Waals surface area contributed by atoms with Crippen molar-refractivity contribution in [3.05, 3.63) is 59.7 Å². The summed E-state index contributed by atoms with van der Waals surface area (Å²) < 4.78 is 5.87. The van der Waals surface area contributed by atoms with Crippen LogP contribution in [0, 0.1) is 5.92 Å². The molecule has 0 spiro atoms. The van der Waals surface area contributed by atoms with Gasteiger partial charge in [0.1, 0.15) is 6.61 Å². The van der Waals surface area contributed by atoms with Crippen LogP contribution in [0.4, 0.5) is 4.79 Å². The van der Waals surface area contributed by atoms with E-state index in [4.69, 9.17) is 4.74 Å². The second-order valence-corrected chi connectivity index (χ2v) is 8.81. The number of aliphatic hydroxyl groups excluding tert-OH is 1. The van der Waals surface area contributed by atoms with Crippen LogP contribution < -0.4 is 0 Å². The number of hydrogen-bond acceptors (Lipinski definition) is 3. The molecule has 29 heavy (non-hydrogen) atoms. The maximum absolute atomic E-state index is 13.0. The number of likely N-dealkylation sites (tertiary alicyclic amines) is 1. The van der Waals surface area contributed by atoms with Crippen LogP contribution in [0.15, 0.2) is 48.5 Å². The summed E-state index contributed by atoms with van der Waals surface area (Å²) >= 11 is 0. The first-order chi connectivity index (χ1) is 14.2. The number of benzene rings is 2. The second-order valence-electron chi connectivity index (χ2n) is 8.81. The van der Waals surface area contributed by atoms with Crippen molar-refractivity contribution < 1.29 is 14.6 Å². The minimum atomic E-state index is -0.428. The van der Waals surface area contributed by atoms with Crippen molar-refractivity contribution in [3.63, 3.8) is 0 Å². The first-order valence-electron chi connectivity index (χ1n) is 11.0. The van der Waals surface area contributed by atoms with Gasteiger partial charge in [-0.25, -0.2) is 4.79 Å². The number of carbonyl (C=O) groups is 1. The van der Waals surface area contributed by atoms with Gasteiger partial charge in [0.2, 0.25) is 0 Å². The monoisotopic (exact) mass is 391 g/mol. The Morgan fingerprint density at radius 2 is 1.59 bits per heavy atom. The van der Waals surface area contributed by atoms with Gasteiger partial charge in [0.25, 0.3) is 0 Å². The van der Waals surface area contributed by atoms with E-state index in [2.05, 4.69) is 48.5 Å². The molecule has 1 amide bonds. The fourth-order valence-electron chi connectivity index (χ4n) is 5.70. The number of nitrogens with zero attached hydrogens (tertiary/aromatic N) is 1. The molecular formula is C25H29NO3. The van der Waals surface area contributed by atoms with Crippen molar-refractivity contribution in [2.24, 2.45) is 5.92 Å². The predicted octanol–water partition coefficient (Wildman–Crippen LogP) is 4.95. The molecule has 4 heteroatoms. The lowest BCUT2D eigenvalue weighted by atomic mass is 9.83. The highest BCUT2D eigenvalue weighted by atomic mass is 16.6. The van der Waals surface area contributed by atoms with Crippen LogP contribution in [-0.2, 0) is 4.74 Å². The molecule has 2 aliphatic carbocycles. The molecule has 0 radical (unpaired) electrons. The van der Waals surface area contributed by atoms with Gasteiger partial charge in [-0.15, -0.1) is 0 Å². The first kappa shape index (κ1) is 18.7. The summed E-state index contributed by atoms with van der Waals surface area (Å²) in [5, 5.41) is 10.2. The van der Waals surface area contributed by atoms with Gasteiger partial charge in [-0.2, -0.15) is 0 Å². The zero-order valence-corrected chi connectivity index (χ0v) is 16.8. The summed E-state index contributed by atoms with van der Waals surface area (Å²) in [5.74, 6) is 0.577. The molecule has 0 aromatic heterocycles. The summed E-state index contributed by atoms with van der Waals surface area (Å²) in [6.45, 7) is 0.745. The molecule has 3 aliphatic rings. The van der Waals surface area contributed by atoms with Gasteiger partial charge >= 0.3 is 6.09 Å². The lowest BCUT2D eigenvalue weighted by Gasteiger charge is -2.33. The van der Waals surface area contributed by atoms with E-state index in [1.807, 2.05) is 4.90 Å². The van der Waals surface area contributed by atoms with Gasteiger partial charge in [0.05, 0.1) is 12.6 Å². The van der Waals surface area contributed by atoms with Crippen LogP contribution in [0.2, 0.25) is 0 Å². The van der Waals surface area contributed by atoms with E-state index in [-0.39, 0.29) is 18.1 Å². The van der Waals surface area contributed by atoms with E-state index < -0.39 is 6.10 Å². The number of aliphatic hydroxyl groups is 1. The Kier molecular flexibility index (Phi) is 5.04.